The third kappa shape index (κ3) is 2.37. The van der Waals surface area contributed by atoms with Crippen LogP contribution in [0.3, 0.4) is 0 Å². The number of nitrogens with two attached hydrogens (primary N) is 1. The van der Waals surface area contributed by atoms with Gasteiger partial charge < -0.3 is 0 Å². The van der Waals surface area contributed by atoms with Crippen LogP contribution in [-0.2, 0) is 18.9 Å². The summed E-state index contributed by atoms with van der Waals surface area (Å²) in [5.74, 6) is 0. The zero-order chi connectivity index (χ0) is 10.1. The van der Waals surface area contributed by atoms with Crippen molar-refractivity contribution < 1.29 is 12.6 Å². The smallest absolute Gasteiger partial charge is 0.238 e. The molecule has 0 aliphatic heterocycles. The van der Waals surface area contributed by atoms with Gasteiger partial charge in [-0.2, -0.15) is 0 Å². The van der Waals surface area contributed by atoms with E-state index in [2.05, 4.69) is 15.9 Å². The maximum Gasteiger partial charge on any atom is 0.271 e. The van der Waals surface area contributed by atoms with Crippen LogP contribution in [-0.4, -0.2) is 12.6 Å². The highest BCUT2D eigenvalue weighted by atomic mass is 79.9. The quantitative estimate of drug-likeness (QED) is 0.814. The SMILES string of the molecule is NS(=O)S(=O)(=O)c1ccc(Br)cc1. The minimum absolute atomic E-state index is 0.0449. The minimum Gasteiger partial charge on any atom is -0.238 e. The second-order valence-corrected chi connectivity index (χ2v) is 7.29. The Morgan fingerprint density at radius 1 is 1.23 bits per heavy atom. The molecule has 0 amide bonds. The molecule has 7 heteroatoms. The van der Waals surface area contributed by atoms with E-state index >= 15 is 0 Å². The molecule has 0 saturated heterocycles. The molecule has 1 atom stereocenters. The molecule has 0 radical (unpaired) electrons. The fourth-order valence-corrected chi connectivity index (χ4v) is 2.52. The summed E-state index contributed by atoms with van der Waals surface area (Å²) in [6.07, 6.45) is 0. The molecule has 4 nitrogen and oxygen atoms in total. The maximum absolute atomic E-state index is 11.2. The molecule has 13 heavy (non-hydrogen) atoms. The van der Waals surface area contributed by atoms with E-state index in [0.717, 1.165) is 4.47 Å². The molecule has 1 rings (SSSR count). The second-order valence-electron chi connectivity index (χ2n) is 2.17. The topological polar surface area (TPSA) is 77.2 Å². The van der Waals surface area contributed by atoms with Crippen LogP contribution in [0.5, 0.6) is 0 Å². The van der Waals surface area contributed by atoms with Crippen molar-refractivity contribution in [3.63, 3.8) is 0 Å². The normalized spacial score (nSPS) is 14.0. The van der Waals surface area contributed by atoms with Gasteiger partial charge in [-0.1, -0.05) is 15.9 Å². The van der Waals surface area contributed by atoms with E-state index in [9.17, 15) is 12.6 Å². The van der Waals surface area contributed by atoms with Crippen molar-refractivity contribution in [2.75, 3.05) is 0 Å². The molecule has 0 aromatic heterocycles. The zero-order valence-corrected chi connectivity index (χ0v) is 9.52. The lowest BCUT2D eigenvalue weighted by Crippen LogP contribution is -2.16. The Bertz CT molecular complexity index is 426. The Morgan fingerprint density at radius 2 is 1.69 bits per heavy atom. The van der Waals surface area contributed by atoms with Gasteiger partial charge in [0.2, 0.25) is 10.0 Å². The maximum atomic E-state index is 11.2. The molecule has 0 saturated carbocycles. The highest BCUT2D eigenvalue weighted by Crippen LogP contribution is 2.16. The third-order valence-electron chi connectivity index (χ3n) is 1.32. The molecule has 0 bridgehead atoms. The lowest BCUT2D eigenvalue weighted by atomic mass is 10.4. The van der Waals surface area contributed by atoms with Crippen molar-refractivity contribution in [3.8, 4) is 0 Å². The number of halogens is 1. The molecular weight excluding hydrogens is 278 g/mol. The van der Waals surface area contributed by atoms with Gasteiger partial charge in [-0.15, -0.1) is 0 Å². The van der Waals surface area contributed by atoms with Crippen molar-refractivity contribution in [1.29, 1.82) is 0 Å². The molecule has 0 aliphatic carbocycles. The van der Waals surface area contributed by atoms with E-state index in [4.69, 9.17) is 5.14 Å². The first kappa shape index (κ1) is 10.8. The lowest BCUT2D eigenvalue weighted by molar-refractivity contribution is 0.606. The first-order chi connectivity index (χ1) is 5.94. The van der Waals surface area contributed by atoms with Gasteiger partial charge in [0.25, 0.3) is 8.87 Å². The van der Waals surface area contributed by atoms with Gasteiger partial charge in [0.05, 0.1) is 4.90 Å². The van der Waals surface area contributed by atoms with Gasteiger partial charge in [-0.3, -0.25) is 0 Å². The monoisotopic (exact) mass is 283 g/mol. The summed E-state index contributed by atoms with van der Waals surface area (Å²) >= 11 is 3.15. The molecule has 1 aromatic rings. The molecule has 0 fully saturated rings. The largest absolute Gasteiger partial charge is 0.271 e. The molecule has 1 unspecified atom stereocenters. The fourth-order valence-electron chi connectivity index (χ4n) is 0.696. The number of hydrogen-bond acceptors (Lipinski definition) is 3. The molecule has 2 N–H and O–H groups in total. The Hall–Kier alpha value is -0.240. The van der Waals surface area contributed by atoms with Crippen LogP contribution in [0.15, 0.2) is 33.6 Å². The zero-order valence-electron chi connectivity index (χ0n) is 6.31. The van der Waals surface area contributed by atoms with Crippen molar-refractivity contribution in [3.05, 3.63) is 28.7 Å². The summed E-state index contributed by atoms with van der Waals surface area (Å²) in [7, 11) is -6.24. The summed E-state index contributed by atoms with van der Waals surface area (Å²) in [5, 5.41) is 4.81. The highest BCUT2D eigenvalue weighted by molar-refractivity contribution is 9.10. The summed E-state index contributed by atoms with van der Waals surface area (Å²) in [5.41, 5.74) is 0. The number of benzene rings is 1. The van der Waals surface area contributed by atoms with Crippen molar-refractivity contribution in [2.24, 2.45) is 5.14 Å². The Labute approximate surface area is 86.2 Å². The van der Waals surface area contributed by atoms with Crippen LogP contribution in [0.2, 0.25) is 0 Å². The summed E-state index contributed by atoms with van der Waals surface area (Å²) in [4.78, 5) is -0.0449. The Kier molecular flexibility index (Phi) is 3.23. The van der Waals surface area contributed by atoms with Gasteiger partial charge in [0.1, 0.15) is 0 Å². The molecular formula is C6H6BrNO3S2. The lowest BCUT2D eigenvalue weighted by Gasteiger charge is -1.99. The van der Waals surface area contributed by atoms with Crippen molar-refractivity contribution >= 4 is 34.8 Å². The summed E-state index contributed by atoms with van der Waals surface area (Å²) < 4.78 is 33.8. The van der Waals surface area contributed by atoms with Crippen LogP contribution in [0.4, 0.5) is 0 Å². The van der Waals surface area contributed by atoms with Crippen LogP contribution in [0.1, 0.15) is 0 Å². The van der Waals surface area contributed by atoms with Crippen molar-refractivity contribution in [1.82, 2.24) is 0 Å². The van der Waals surface area contributed by atoms with Crippen LogP contribution < -0.4 is 5.14 Å². The van der Waals surface area contributed by atoms with Crippen LogP contribution in [0, 0.1) is 0 Å². The standard InChI is InChI=1S/C6H6BrNO3S2/c7-5-1-3-6(4-2-5)13(10,11)12(8)9/h1-4H,8H2. The van der Waals surface area contributed by atoms with Crippen LogP contribution >= 0.6 is 15.9 Å². The average Bonchev–Trinajstić information content (AvgIpc) is 2.04. The average molecular weight is 284 g/mol. The van der Waals surface area contributed by atoms with E-state index in [1.54, 1.807) is 12.1 Å². The number of rotatable bonds is 2. The minimum atomic E-state index is -3.86. The molecule has 0 heterocycles. The van der Waals surface area contributed by atoms with E-state index in [-0.39, 0.29) is 4.90 Å². The first-order valence-corrected chi connectivity index (χ1v) is 7.12. The predicted molar refractivity (Wildman–Crippen MR) is 53.7 cm³/mol. The van der Waals surface area contributed by atoms with E-state index in [0.29, 0.717) is 0 Å². The molecule has 0 aliphatic rings. The highest BCUT2D eigenvalue weighted by Gasteiger charge is 2.18. The van der Waals surface area contributed by atoms with Gasteiger partial charge in [-0.25, -0.2) is 17.8 Å². The fraction of sp³-hybridized carbons (Fsp3) is 0. The third-order valence-corrected chi connectivity index (χ3v) is 5.00. The van der Waals surface area contributed by atoms with Crippen molar-refractivity contribution in [2.45, 2.75) is 4.90 Å². The molecule has 1 aromatic carbocycles. The second kappa shape index (κ2) is 3.87. The Balaban J connectivity index is 3.25. The van der Waals surface area contributed by atoms with Gasteiger partial charge in [0.15, 0.2) is 0 Å². The van der Waals surface area contributed by atoms with E-state index in [1.165, 1.54) is 12.1 Å². The predicted octanol–water partition coefficient (Wildman–Crippen LogP) is 0.760. The van der Waals surface area contributed by atoms with E-state index < -0.39 is 18.9 Å². The molecule has 72 valence electrons. The van der Waals surface area contributed by atoms with Gasteiger partial charge in [-0.05, 0) is 24.3 Å². The summed E-state index contributed by atoms with van der Waals surface area (Å²) in [6, 6.07) is 5.76. The number of hydrogen-bond donors (Lipinski definition) is 1. The van der Waals surface area contributed by atoms with E-state index in [1.807, 2.05) is 0 Å². The summed E-state index contributed by atoms with van der Waals surface area (Å²) in [6.45, 7) is 0. The van der Waals surface area contributed by atoms with Crippen LogP contribution in [0.25, 0.3) is 0 Å². The first-order valence-electron chi connectivity index (χ1n) is 3.12. The van der Waals surface area contributed by atoms with Gasteiger partial charge >= 0.3 is 0 Å². The van der Waals surface area contributed by atoms with Gasteiger partial charge in [0, 0.05) is 4.47 Å². The molecule has 0 spiro atoms. The Morgan fingerprint density at radius 3 is 2.08 bits per heavy atom.